The molecule has 2 saturated heterocycles. The number of halogens is 1. The standard InChI is InChI=1S/C16H22ClN5O2/c1-12(23)20-7-9-21(10-8-20)16(24)13-3-2-6-22(11-13)15-5-4-14(17)18-19-15/h4-5,13H,2-3,6-11H2,1H3. The Morgan fingerprint density at radius 1 is 1.08 bits per heavy atom. The molecule has 0 aliphatic carbocycles. The fraction of sp³-hybridized carbons (Fsp3) is 0.625. The van der Waals surface area contributed by atoms with E-state index >= 15 is 0 Å². The summed E-state index contributed by atoms with van der Waals surface area (Å²) in [6, 6.07) is 3.56. The maximum absolute atomic E-state index is 12.8. The van der Waals surface area contributed by atoms with Gasteiger partial charge in [0.25, 0.3) is 0 Å². The highest BCUT2D eigenvalue weighted by Crippen LogP contribution is 2.23. The van der Waals surface area contributed by atoms with E-state index < -0.39 is 0 Å². The van der Waals surface area contributed by atoms with E-state index in [-0.39, 0.29) is 17.7 Å². The van der Waals surface area contributed by atoms with E-state index in [1.54, 1.807) is 17.9 Å². The molecule has 7 nitrogen and oxygen atoms in total. The van der Waals surface area contributed by atoms with Gasteiger partial charge in [0, 0.05) is 46.2 Å². The Balaban J connectivity index is 1.59. The van der Waals surface area contributed by atoms with Crippen LogP contribution in [0.5, 0.6) is 0 Å². The first-order valence-electron chi connectivity index (χ1n) is 8.33. The van der Waals surface area contributed by atoms with Gasteiger partial charge in [-0.1, -0.05) is 11.6 Å². The zero-order valence-electron chi connectivity index (χ0n) is 13.8. The predicted octanol–water partition coefficient (Wildman–Crippen LogP) is 1.04. The molecule has 0 aromatic carbocycles. The minimum atomic E-state index is -0.0277. The lowest BCUT2D eigenvalue weighted by Crippen LogP contribution is -2.53. The van der Waals surface area contributed by atoms with Crippen LogP contribution in [0.25, 0.3) is 0 Å². The van der Waals surface area contributed by atoms with Crippen molar-refractivity contribution < 1.29 is 9.59 Å². The lowest BCUT2D eigenvalue weighted by atomic mass is 9.96. The molecule has 130 valence electrons. The van der Waals surface area contributed by atoms with Crippen molar-refractivity contribution in [3.05, 3.63) is 17.3 Å². The molecule has 0 saturated carbocycles. The second-order valence-electron chi connectivity index (χ2n) is 6.33. The van der Waals surface area contributed by atoms with Gasteiger partial charge in [0.15, 0.2) is 11.0 Å². The lowest BCUT2D eigenvalue weighted by molar-refractivity contribution is -0.141. The fourth-order valence-electron chi connectivity index (χ4n) is 3.36. The van der Waals surface area contributed by atoms with E-state index in [9.17, 15) is 9.59 Å². The highest BCUT2D eigenvalue weighted by molar-refractivity contribution is 6.29. The topological polar surface area (TPSA) is 69.6 Å². The van der Waals surface area contributed by atoms with Crippen LogP contribution in [0.4, 0.5) is 5.82 Å². The Kier molecular flexibility index (Phi) is 5.18. The number of hydrogen-bond donors (Lipinski definition) is 0. The van der Waals surface area contributed by atoms with Crippen LogP contribution in [0, 0.1) is 5.92 Å². The predicted molar refractivity (Wildman–Crippen MR) is 90.8 cm³/mol. The monoisotopic (exact) mass is 351 g/mol. The second kappa shape index (κ2) is 7.34. The van der Waals surface area contributed by atoms with Crippen molar-refractivity contribution in [1.29, 1.82) is 0 Å². The minimum absolute atomic E-state index is 0.0277. The zero-order valence-corrected chi connectivity index (χ0v) is 14.6. The summed E-state index contributed by atoms with van der Waals surface area (Å²) in [5.74, 6) is 0.996. The van der Waals surface area contributed by atoms with Crippen LogP contribution in [-0.2, 0) is 9.59 Å². The molecule has 3 heterocycles. The van der Waals surface area contributed by atoms with Gasteiger partial charge in [-0.25, -0.2) is 0 Å². The molecule has 2 fully saturated rings. The largest absolute Gasteiger partial charge is 0.354 e. The van der Waals surface area contributed by atoms with E-state index in [2.05, 4.69) is 15.1 Å². The molecule has 1 atom stereocenters. The smallest absolute Gasteiger partial charge is 0.227 e. The number of anilines is 1. The van der Waals surface area contributed by atoms with Crippen molar-refractivity contribution in [3.8, 4) is 0 Å². The minimum Gasteiger partial charge on any atom is -0.354 e. The van der Waals surface area contributed by atoms with Crippen LogP contribution in [0.3, 0.4) is 0 Å². The summed E-state index contributed by atoms with van der Waals surface area (Å²) >= 11 is 5.78. The first kappa shape index (κ1) is 17.0. The van der Waals surface area contributed by atoms with E-state index in [1.165, 1.54) is 0 Å². The molecule has 3 rings (SSSR count). The molecule has 0 radical (unpaired) electrons. The molecule has 2 aliphatic heterocycles. The number of amides is 2. The van der Waals surface area contributed by atoms with Crippen LogP contribution < -0.4 is 4.90 Å². The normalized spacial score (nSPS) is 21.8. The highest BCUT2D eigenvalue weighted by atomic mass is 35.5. The molecule has 24 heavy (non-hydrogen) atoms. The van der Waals surface area contributed by atoms with Gasteiger partial charge >= 0.3 is 0 Å². The van der Waals surface area contributed by atoms with Crippen LogP contribution in [0.15, 0.2) is 12.1 Å². The van der Waals surface area contributed by atoms with E-state index in [0.29, 0.717) is 37.9 Å². The van der Waals surface area contributed by atoms with Crippen molar-refractivity contribution in [3.63, 3.8) is 0 Å². The number of piperazine rings is 1. The molecule has 0 bridgehead atoms. The van der Waals surface area contributed by atoms with Gasteiger partial charge in [0.1, 0.15) is 0 Å². The summed E-state index contributed by atoms with van der Waals surface area (Å²) < 4.78 is 0. The molecule has 1 aromatic rings. The molecule has 1 aromatic heterocycles. The Labute approximate surface area is 146 Å². The number of nitrogens with zero attached hydrogens (tertiary/aromatic N) is 5. The van der Waals surface area contributed by atoms with Crippen LogP contribution in [-0.4, -0.2) is 71.1 Å². The summed E-state index contributed by atoms with van der Waals surface area (Å²) in [5, 5.41) is 8.36. The van der Waals surface area contributed by atoms with Gasteiger partial charge in [-0.2, -0.15) is 0 Å². The summed E-state index contributed by atoms with van der Waals surface area (Å²) in [4.78, 5) is 30.0. The van der Waals surface area contributed by atoms with E-state index in [0.717, 1.165) is 25.2 Å². The number of piperidine rings is 1. The average Bonchev–Trinajstić information content (AvgIpc) is 2.62. The third kappa shape index (κ3) is 3.77. The van der Waals surface area contributed by atoms with Gasteiger partial charge in [0.05, 0.1) is 5.92 Å². The van der Waals surface area contributed by atoms with Crippen LogP contribution in [0.1, 0.15) is 19.8 Å². The van der Waals surface area contributed by atoms with E-state index in [1.807, 2.05) is 11.0 Å². The lowest BCUT2D eigenvalue weighted by Gasteiger charge is -2.39. The van der Waals surface area contributed by atoms with Crippen molar-refractivity contribution in [2.75, 3.05) is 44.2 Å². The summed E-state index contributed by atoms with van der Waals surface area (Å²) in [6.07, 6.45) is 1.84. The van der Waals surface area contributed by atoms with Crippen molar-refractivity contribution in [2.24, 2.45) is 5.92 Å². The number of hydrogen-bond acceptors (Lipinski definition) is 5. The molecular weight excluding hydrogens is 330 g/mol. The molecule has 1 unspecified atom stereocenters. The van der Waals surface area contributed by atoms with Gasteiger partial charge in [-0.3, -0.25) is 9.59 Å². The first-order valence-corrected chi connectivity index (χ1v) is 8.71. The Morgan fingerprint density at radius 3 is 2.42 bits per heavy atom. The van der Waals surface area contributed by atoms with Gasteiger partial charge in [0.2, 0.25) is 11.8 Å². The Bertz CT molecular complexity index is 601. The van der Waals surface area contributed by atoms with Crippen LogP contribution >= 0.6 is 11.6 Å². The maximum atomic E-state index is 12.8. The SMILES string of the molecule is CC(=O)N1CCN(C(=O)C2CCCN(c3ccc(Cl)nn3)C2)CC1. The van der Waals surface area contributed by atoms with E-state index in [4.69, 9.17) is 11.6 Å². The van der Waals surface area contributed by atoms with Crippen molar-refractivity contribution in [2.45, 2.75) is 19.8 Å². The molecular formula is C16H22ClN5O2. The maximum Gasteiger partial charge on any atom is 0.227 e. The van der Waals surface area contributed by atoms with Crippen LogP contribution in [0.2, 0.25) is 5.15 Å². The highest BCUT2D eigenvalue weighted by Gasteiger charge is 2.31. The fourth-order valence-corrected chi connectivity index (χ4v) is 3.47. The number of carbonyl (C=O) groups is 2. The van der Waals surface area contributed by atoms with Gasteiger partial charge in [-0.15, -0.1) is 10.2 Å². The first-order chi connectivity index (χ1) is 11.5. The quantitative estimate of drug-likeness (QED) is 0.796. The molecule has 2 aliphatic rings. The second-order valence-corrected chi connectivity index (χ2v) is 6.72. The number of aromatic nitrogens is 2. The molecule has 0 N–H and O–H groups in total. The molecule has 2 amide bonds. The van der Waals surface area contributed by atoms with Gasteiger partial charge < -0.3 is 14.7 Å². The summed E-state index contributed by atoms with van der Waals surface area (Å²) in [7, 11) is 0. The molecule has 8 heteroatoms. The Hall–Kier alpha value is -1.89. The Morgan fingerprint density at radius 2 is 1.79 bits per heavy atom. The van der Waals surface area contributed by atoms with Crippen molar-refractivity contribution in [1.82, 2.24) is 20.0 Å². The summed E-state index contributed by atoms with van der Waals surface area (Å²) in [5.41, 5.74) is 0. The number of carbonyl (C=O) groups excluding carboxylic acids is 2. The molecule has 0 spiro atoms. The third-order valence-electron chi connectivity index (χ3n) is 4.75. The number of rotatable bonds is 2. The average molecular weight is 352 g/mol. The van der Waals surface area contributed by atoms with Gasteiger partial charge in [-0.05, 0) is 25.0 Å². The third-order valence-corrected chi connectivity index (χ3v) is 4.95. The summed E-state index contributed by atoms with van der Waals surface area (Å²) in [6.45, 7) is 5.59. The zero-order chi connectivity index (χ0) is 17.1. The van der Waals surface area contributed by atoms with Crippen molar-refractivity contribution >= 4 is 29.2 Å².